The smallest absolute Gasteiger partial charge is 0.272 e. The van der Waals surface area contributed by atoms with Crippen molar-refractivity contribution >= 4 is 58.5 Å². The Labute approximate surface area is 197 Å². The topological polar surface area (TPSA) is 79.8 Å². The summed E-state index contributed by atoms with van der Waals surface area (Å²) in [7, 11) is 0. The molecule has 164 valence electrons. The molecule has 10 heteroatoms. The fourth-order valence-corrected chi connectivity index (χ4v) is 3.24. The lowest BCUT2D eigenvalue weighted by molar-refractivity contribution is -0.118. The third kappa shape index (κ3) is 6.43. The monoisotopic (exact) mass is 493 g/mol. The minimum atomic E-state index is -0.548. The molecule has 0 bridgehead atoms. The molecule has 0 spiro atoms. The molecule has 0 saturated heterocycles. The van der Waals surface area contributed by atoms with Crippen LogP contribution in [0.2, 0.25) is 15.1 Å². The number of carbonyl (C=O) groups excluding carboxylic acids is 2. The molecule has 0 atom stereocenters. The standard InChI is InChI=1S/C22H15Cl3FN3O3/c23-14-6-7-15(16(24)10-14)22(31)29-27-11-13-5-8-20(17(25)9-13)32-12-21(30)28-19-4-2-1-3-18(19)26/h1-11H,12H2,(H,28,30)(H,29,31)/b27-11-. The van der Waals surface area contributed by atoms with Crippen molar-refractivity contribution in [2.24, 2.45) is 5.10 Å². The number of hydrogen-bond donors (Lipinski definition) is 2. The predicted molar refractivity (Wildman–Crippen MR) is 123 cm³/mol. The van der Waals surface area contributed by atoms with E-state index < -0.39 is 17.6 Å². The third-order valence-electron chi connectivity index (χ3n) is 4.02. The molecule has 0 aliphatic carbocycles. The zero-order chi connectivity index (χ0) is 23.1. The fourth-order valence-electron chi connectivity index (χ4n) is 2.51. The highest BCUT2D eigenvalue weighted by atomic mass is 35.5. The van der Waals surface area contributed by atoms with E-state index in [1.54, 1.807) is 18.2 Å². The number of halogens is 4. The number of carbonyl (C=O) groups is 2. The van der Waals surface area contributed by atoms with Crippen molar-refractivity contribution in [1.29, 1.82) is 0 Å². The van der Waals surface area contributed by atoms with Crippen molar-refractivity contribution in [3.05, 3.63) is 92.7 Å². The van der Waals surface area contributed by atoms with Crippen LogP contribution in [0.25, 0.3) is 0 Å². The summed E-state index contributed by atoms with van der Waals surface area (Å²) in [4.78, 5) is 24.1. The van der Waals surface area contributed by atoms with Crippen LogP contribution in [0, 0.1) is 5.82 Å². The Balaban J connectivity index is 1.54. The largest absolute Gasteiger partial charge is 0.482 e. The molecule has 2 N–H and O–H groups in total. The van der Waals surface area contributed by atoms with Gasteiger partial charge in [-0.05, 0) is 54.1 Å². The molecular weight excluding hydrogens is 480 g/mol. The lowest BCUT2D eigenvalue weighted by atomic mass is 10.2. The van der Waals surface area contributed by atoms with Gasteiger partial charge in [0, 0.05) is 5.02 Å². The molecule has 0 radical (unpaired) electrons. The number of nitrogens with zero attached hydrogens (tertiary/aromatic N) is 1. The van der Waals surface area contributed by atoms with Crippen LogP contribution < -0.4 is 15.5 Å². The maximum absolute atomic E-state index is 13.6. The normalized spacial score (nSPS) is 10.8. The first kappa shape index (κ1) is 23.5. The van der Waals surface area contributed by atoms with Crippen LogP contribution in [0.3, 0.4) is 0 Å². The summed E-state index contributed by atoms with van der Waals surface area (Å²) < 4.78 is 19.0. The summed E-state index contributed by atoms with van der Waals surface area (Å²) in [6.07, 6.45) is 1.38. The highest BCUT2D eigenvalue weighted by Crippen LogP contribution is 2.25. The zero-order valence-corrected chi connectivity index (χ0v) is 18.5. The van der Waals surface area contributed by atoms with Crippen molar-refractivity contribution in [2.75, 3.05) is 11.9 Å². The molecule has 2 amide bonds. The van der Waals surface area contributed by atoms with Gasteiger partial charge in [0.15, 0.2) is 6.61 Å². The number of anilines is 1. The Hall–Kier alpha value is -3.13. The summed E-state index contributed by atoms with van der Waals surface area (Å²) >= 11 is 18.0. The van der Waals surface area contributed by atoms with Crippen molar-refractivity contribution in [1.82, 2.24) is 5.43 Å². The quantitative estimate of drug-likeness (QED) is 0.333. The molecule has 32 heavy (non-hydrogen) atoms. The minimum absolute atomic E-state index is 0.0562. The van der Waals surface area contributed by atoms with Crippen molar-refractivity contribution in [3.63, 3.8) is 0 Å². The van der Waals surface area contributed by atoms with Gasteiger partial charge < -0.3 is 10.1 Å². The van der Waals surface area contributed by atoms with Gasteiger partial charge in [-0.2, -0.15) is 5.10 Å². The molecule has 0 saturated carbocycles. The molecular formula is C22H15Cl3FN3O3. The summed E-state index contributed by atoms with van der Waals surface area (Å²) in [5.74, 6) is -1.34. The van der Waals surface area contributed by atoms with E-state index in [1.807, 2.05) is 0 Å². The number of para-hydroxylation sites is 1. The maximum Gasteiger partial charge on any atom is 0.272 e. The Bertz CT molecular complexity index is 1190. The Morgan fingerprint density at radius 1 is 1.00 bits per heavy atom. The van der Waals surface area contributed by atoms with Gasteiger partial charge in [-0.3, -0.25) is 9.59 Å². The number of benzene rings is 3. The molecule has 3 aromatic carbocycles. The molecule has 3 rings (SSSR count). The van der Waals surface area contributed by atoms with Crippen molar-refractivity contribution in [3.8, 4) is 5.75 Å². The first-order valence-electron chi connectivity index (χ1n) is 9.08. The molecule has 0 unspecified atom stereocenters. The van der Waals surface area contributed by atoms with E-state index in [9.17, 15) is 14.0 Å². The SMILES string of the molecule is O=C(COc1ccc(/C=N\NC(=O)c2ccc(Cl)cc2Cl)cc1Cl)Nc1ccccc1F. The van der Waals surface area contributed by atoms with Gasteiger partial charge in [-0.25, -0.2) is 9.82 Å². The zero-order valence-electron chi connectivity index (χ0n) is 16.2. The number of hydrazone groups is 1. The summed E-state index contributed by atoms with van der Waals surface area (Å²) in [6.45, 7) is -0.362. The second kappa shape index (κ2) is 10.9. The second-order valence-corrected chi connectivity index (χ2v) is 7.58. The molecule has 0 aromatic heterocycles. The van der Waals surface area contributed by atoms with E-state index in [1.165, 1.54) is 48.7 Å². The van der Waals surface area contributed by atoms with Gasteiger partial charge in [0.1, 0.15) is 11.6 Å². The summed E-state index contributed by atoms with van der Waals surface area (Å²) in [5, 5.41) is 7.11. The number of hydrogen-bond acceptors (Lipinski definition) is 4. The highest BCUT2D eigenvalue weighted by molar-refractivity contribution is 6.36. The molecule has 6 nitrogen and oxygen atoms in total. The van der Waals surface area contributed by atoms with Crippen LogP contribution in [0.4, 0.5) is 10.1 Å². The first-order chi connectivity index (χ1) is 15.3. The maximum atomic E-state index is 13.6. The van der Waals surface area contributed by atoms with E-state index in [-0.39, 0.29) is 33.7 Å². The lowest BCUT2D eigenvalue weighted by Crippen LogP contribution is -2.20. The van der Waals surface area contributed by atoms with Crippen molar-refractivity contribution < 1.29 is 18.7 Å². The predicted octanol–water partition coefficient (Wildman–Crippen LogP) is 5.57. The molecule has 0 aliphatic rings. The lowest BCUT2D eigenvalue weighted by Gasteiger charge is -2.09. The highest BCUT2D eigenvalue weighted by Gasteiger charge is 2.11. The van der Waals surface area contributed by atoms with Crippen LogP contribution in [-0.2, 0) is 4.79 Å². The number of amides is 2. The van der Waals surface area contributed by atoms with E-state index >= 15 is 0 Å². The summed E-state index contributed by atoms with van der Waals surface area (Å²) in [5.41, 5.74) is 3.21. The van der Waals surface area contributed by atoms with E-state index in [0.29, 0.717) is 10.6 Å². The van der Waals surface area contributed by atoms with Crippen LogP contribution in [0.5, 0.6) is 5.75 Å². The average molecular weight is 495 g/mol. The Kier molecular flexibility index (Phi) is 8.05. The number of nitrogens with one attached hydrogen (secondary N) is 2. The van der Waals surface area contributed by atoms with Crippen LogP contribution in [0.1, 0.15) is 15.9 Å². The van der Waals surface area contributed by atoms with Gasteiger partial charge in [-0.15, -0.1) is 0 Å². The summed E-state index contributed by atoms with van der Waals surface area (Å²) in [6, 6.07) is 15.0. The second-order valence-electron chi connectivity index (χ2n) is 6.33. The van der Waals surface area contributed by atoms with Crippen molar-refractivity contribution in [2.45, 2.75) is 0 Å². The van der Waals surface area contributed by atoms with E-state index in [2.05, 4.69) is 15.8 Å². The van der Waals surface area contributed by atoms with E-state index in [0.717, 1.165) is 0 Å². The molecule has 0 aliphatic heterocycles. The van der Waals surface area contributed by atoms with Gasteiger partial charge >= 0.3 is 0 Å². The number of ether oxygens (including phenoxy) is 1. The van der Waals surface area contributed by atoms with E-state index in [4.69, 9.17) is 39.5 Å². The van der Waals surface area contributed by atoms with Crippen LogP contribution >= 0.6 is 34.8 Å². The Morgan fingerprint density at radius 2 is 1.78 bits per heavy atom. The van der Waals surface area contributed by atoms with Crippen LogP contribution in [-0.4, -0.2) is 24.6 Å². The average Bonchev–Trinajstić information content (AvgIpc) is 2.74. The minimum Gasteiger partial charge on any atom is -0.482 e. The van der Waals surface area contributed by atoms with Crippen LogP contribution in [0.15, 0.2) is 65.8 Å². The van der Waals surface area contributed by atoms with Gasteiger partial charge in [0.25, 0.3) is 11.8 Å². The molecule has 3 aromatic rings. The first-order valence-corrected chi connectivity index (χ1v) is 10.2. The van der Waals surface area contributed by atoms with Gasteiger partial charge in [-0.1, -0.05) is 46.9 Å². The van der Waals surface area contributed by atoms with Gasteiger partial charge in [0.2, 0.25) is 0 Å². The molecule has 0 fully saturated rings. The van der Waals surface area contributed by atoms with Gasteiger partial charge in [0.05, 0.1) is 27.5 Å². The molecule has 0 heterocycles. The number of rotatable bonds is 7. The third-order valence-corrected chi connectivity index (χ3v) is 4.86. The fraction of sp³-hybridized carbons (Fsp3) is 0.0455. The Morgan fingerprint density at radius 3 is 2.50 bits per heavy atom.